The Morgan fingerprint density at radius 2 is 1.67 bits per heavy atom. The first-order valence-corrected chi connectivity index (χ1v) is 12.0. The fourth-order valence-corrected chi connectivity index (χ4v) is 5.42. The van der Waals surface area contributed by atoms with Crippen LogP contribution in [0.25, 0.3) is 0 Å². The van der Waals surface area contributed by atoms with Crippen molar-refractivity contribution in [1.29, 1.82) is 0 Å². The molecule has 0 fully saturated rings. The average molecular weight is 491 g/mol. The lowest BCUT2D eigenvalue weighted by Crippen LogP contribution is -2.41. The van der Waals surface area contributed by atoms with Gasteiger partial charge in [-0.3, -0.25) is 9.59 Å². The second kappa shape index (κ2) is 8.46. The van der Waals surface area contributed by atoms with E-state index in [1.54, 1.807) is 23.5 Å². The molecule has 0 spiro atoms. The molecule has 0 bridgehead atoms. The predicted octanol–water partition coefficient (Wildman–Crippen LogP) is 6.44. The smallest absolute Gasteiger partial charge is 0.256 e. The van der Waals surface area contributed by atoms with Crippen LogP contribution in [0.4, 0.5) is 5.00 Å². The van der Waals surface area contributed by atoms with E-state index in [0.717, 1.165) is 29.3 Å². The van der Waals surface area contributed by atoms with Crippen molar-refractivity contribution in [2.24, 2.45) is 11.3 Å². The fraction of sp³-hybridized carbons (Fsp3) is 0.500. The molecule has 1 aromatic heterocycles. The van der Waals surface area contributed by atoms with Crippen LogP contribution >= 0.6 is 27.3 Å². The predicted molar refractivity (Wildman–Crippen MR) is 129 cm³/mol. The standard InChI is InChI=1S/C24H31BrN2O2S/c1-23(2,3)15-9-12-17-18(13-15)30-22(19(17)21(29)27-24(4,5)6)26-20(28)14-7-10-16(25)11-8-14/h7-8,10-11,15H,9,12-13H2,1-6H3,(H,26,28)(H,27,29). The van der Waals surface area contributed by atoms with Gasteiger partial charge in [0.2, 0.25) is 0 Å². The lowest BCUT2D eigenvalue weighted by atomic mass is 9.72. The van der Waals surface area contributed by atoms with Crippen LogP contribution in [0.15, 0.2) is 28.7 Å². The van der Waals surface area contributed by atoms with Crippen molar-refractivity contribution in [2.45, 2.75) is 66.3 Å². The van der Waals surface area contributed by atoms with Gasteiger partial charge in [0, 0.05) is 20.5 Å². The summed E-state index contributed by atoms with van der Waals surface area (Å²) >= 11 is 4.96. The molecule has 2 aromatic rings. The van der Waals surface area contributed by atoms with Crippen LogP contribution in [0.3, 0.4) is 0 Å². The normalized spacial score (nSPS) is 16.7. The summed E-state index contributed by atoms with van der Waals surface area (Å²) in [5.74, 6) is 0.260. The van der Waals surface area contributed by atoms with Gasteiger partial charge in [-0.25, -0.2) is 0 Å². The molecule has 2 N–H and O–H groups in total. The molecule has 6 heteroatoms. The number of fused-ring (bicyclic) bond motifs is 1. The molecule has 4 nitrogen and oxygen atoms in total. The first kappa shape index (κ1) is 23.0. The highest BCUT2D eigenvalue weighted by Gasteiger charge is 2.34. The van der Waals surface area contributed by atoms with Crippen molar-refractivity contribution in [3.05, 3.63) is 50.3 Å². The number of hydrogen-bond donors (Lipinski definition) is 2. The van der Waals surface area contributed by atoms with Crippen molar-refractivity contribution in [1.82, 2.24) is 5.32 Å². The Labute approximate surface area is 192 Å². The summed E-state index contributed by atoms with van der Waals surface area (Å²) in [6, 6.07) is 7.24. The molecule has 0 saturated carbocycles. The Morgan fingerprint density at radius 1 is 1.03 bits per heavy atom. The molecule has 1 unspecified atom stereocenters. The van der Waals surface area contributed by atoms with Crippen LogP contribution in [-0.2, 0) is 12.8 Å². The highest BCUT2D eigenvalue weighted by molar-refractivity contribution is 9.10. The number of hydrogen-bond acceptors (Lipinski definition) is 3. The number of nitrogens with one attached hydrogen (secondary N) is 2. The molecular formula is C24H31BrN2O2S. The fourth-order valence-electron chi connectivity index (χ4n) is 3.83. The molecule has 0 radical (unpaired) electrons. The maximum atomic E-state index is 13.2. The number of carbonyl (C=O) groups excluding carboxylic acids is 2. The first-order chi connectivity index (χ1) is 13.8. The number of carbonyl (C=O) groups is 2. The molecule has 2 amide bonds. The Kier molecular flexibility index (Phi) is 6.49. The summed E-state index contributed by atoms with van der Waals surface area (Å²) in [6.07, 6.45) is 2.88. The average Bonchev–Trinajstić information content (AvgIpc) is 2.97. The zero-order valence-corrected chi connectivity index (χ0v) is 21.0. The monoisotopic (exact) mass is 490 g/mol. The maximum absolute atomic E-state index is 13.2. The van der Waals surface area contributed by atoms with Gasteiger partial charge in [0.05, 0.1) is 5.56 Å². The molecule has 3 rings (SSSR count). The molecule has 0 saturated heterocycles. The van der Waals surface area contributed by atoms with Gasteiger partial charge in [0.15, 0.2) is 0 Å². The van der Waals surface area contributed by atoms with Crippen molar-refractivity contribution in [3.63, 3.8) is 0 Å². The van der Waals surface area contributed by atoms with E-state index in [1.165, 1.54) is 4.88 Å². The van der Waals surface area contributed by atoms with Crippen LogP contribution in [0.2, 0.25) is 0 Å². The summed E-state index contributed by atoms with van der Waals surface area (Å²) in [6.45, 7) is 12.7. The van der Waals surface area contributed by atoms with E-state index in [-0.39, 0.29) is 22.8 Å². The first-order valence-electron chi connectivity index (χ1n) is 10.4. The number of benzene rings is 1. The van der Waals surface area contributed by atoms with Crippen molar-refractivity contribution in [3.8, 4) is 0 Å². The van der Waals surface area contributed by atoms with Crippen molar-refractivity contribution in [2.75, 3.05) is 5.32 Å². The third kappa shape index (κ3) is 5.33. The van der Waals surface area contributed by atoms with E-state index < -0.39 is 0 Å². The lowest BCUT2D eigenvalue weighted by molar-refractivity contribution is 0.0919. The summed E-state index contributed by atoms with van der Waals surface area (Å²) < 4.78 is 0.920. The second-order valence-electron chi connectivity index (χ2n) is 10.2. The minimum Gasteiger partial charge on any atom is -0.347 e. The van der Waals surface area contributed by atoms with E-state index in [9.17, 15) is 9.59 Å². The Bertz CT molecular complexity index is 949. The van der Waals surface area contributed by atoms with Gasteiger partial charge in [-0.05, 0) is 81.2 Å². The minimum absolute atomic E-state index is 0.111. The van der Waals surface area contributed by atoms with Gasteiger partial charge in [-0.15, -0.1) is 11.3 Å². The van der Waals surface area contributed by atoms with E-state index in [1.807, 2.05) is 32.9 Å². The molecule has 1 aliphatic carbocycles. The summed E-state index contributed by atoms with van der Waals surface area (Å²) in [5.41, 5.74) is 2.19. The summed E-state index contributed by atoms with van der Waals surface area (Å²) in [7, 11) is 0. The van der Waals surface area contributed by atoms with Crippen LogP contribution < -0.4 is 10.6 Å². The Morgan fingerprint density at radius 3 is 2.23 bits per heavy atom. The van der Waals surface area contributed by atoms with Crippen LogP contribution in [0, 0.1) is 11.3 Å². The summed E-state index contributed by atoms with van der Waals surface area (Å²) in [4.78, 5) is 27.3. The SMILES string of the molecule is CC(C)(C)NC(=O)c1c(NC(=O)c2ccc(Br)cc2)sc2c1CCC(C(C)(C)C)C2. The molecule has 1 aromatic carbocycles. The zero-order chi connectivity index (χ0) is 22.3. The van der Waals surface area contributed by atoms with Crippen LogP contribution in [0.1, 0.15) is 79.1 Å². The van der Waals surface area contributed by atoms with E-state index >= 15 is 0 Å². The quantitative estimate of drug-likeness (QED) is 0.519. The molecule has 1 aliphatic rings. The minimum atomic E-state index is -0.346. The number of amides is 2. The second-order valence-corrected chi connectivity index (χ2v) is 12.2. The third-order valence-corrected chi connectivity index (χ3v) is 7.24. The van der Waals surface area contributed by atoms with Gasteiger partial charge in [0.1, 0.15) is 5.00 Å². The van der Waals surface area contributed by atoms with Gasteiger partial charge in [-0.1, -0.05) is 36.7 Å². The highest BCUT2D eigenvalue weighted by atomic mass is 79.9. The molecule has 30 heavy (non-hydrogen) atoms. The van der Waals surface area contributed by atoms with Gasteiger partial charge < -0.3 is 10.6 Å². The Hall–Kier alpha value is -1.66. The molecule has 162 valence electrons. The molecule has 1 atom stereocenters. The van der Waals surface area contributed by atoms with Gasteiger partial charge in [-0.2, -0.15) is 0 Å². The summed E-state index contributed by atoms with van der Waals surface area (Å²) in [5, 5.41) is 6.77. The largest absolute Gasteiger partial charge is 0.347 e. The van der Waals surface area contributed by atoms with Crippen molar-refractivity contribution < 1.29 is 9.59 Å². The van der Waals surface area contributed by atoms with Gasteiger partial charge >= 0.3 is 0 Å². The number of anilines is 1. The molecule has 1 heterocycles. The topological polar surface area (TPSA) is 58.2 Å². The van der Waals surface area contributed by atoms with Crippen LogP contribution in [0.5, 0.6) is 0 Å². The Balaban J connectivity index is 1.97. The maximum Gasteiger partial charge on any atom is 0.256 e. The molecular weight excluding hydrogens is 460 g/mol. The van der Waals surface area contributed by atoms with Crippen molar-refractivity contribution >= 4 is 44.1 Å². The van der Waals surface area contributed by atoms with Gasteiger partial charge in [0.25, 0.3) is 11.8 Å². The van der Waals surface area contributed by atoms with E-state index in [0.29, 0.717) is 22.0 Å². The number of thiophene rings is 1. The van der Waals surface area contributed by atoms with Crippen LogP contribution in [-0.4, -0.2) is 17.4 Å². The highest BCUT2D eigenvalue weighted by Crippen LogP contribution is 2.44. The zero-order valence-electron chi connectivity index (χ0n) is 18.6. The van der Waals surface area contributed by atoms with E-state index in [2.05, 4.69) is 47.3 Å². The number of rotatable bonds is 3. The van der Waals surface area contributed by atoms with E-state index in [4.69, 9.17) is 0 Å². The number of halogens is 1. The lowest BCUT2D eigenvalue weighted by Gasteiger charge is -2.34. The third-order valence-electron chi connectivity index (χ3n) is 5.54. The molecule has 0 aliphatic heterocycles.